The molecule has 0 saturated heterocycles. The van der Waals surface area contributed by atoms with Crippen LogP contribution < -0.4 is 10.6 Å². The number of methoxy groups -OCH3 is 1. The van der Waals surface area contributed by atoms with Crippen LogP contribution in [0.25, 0.3) is 6.08 Å². The fourth-order valence-electron chi connectivity index (χ4n) is 1.87. The van der Waals surface area contributed by atoms with E-state index in [1.54, 1.807) is 54.6 Å². The standard InChI is InChI=1S/C18H15ClN2O3S/c1-24-17(23)13-5-9-15(10-6-13)20-18(25)21-16(22)11-4-12-2-7-14(19)8-3-12/h2-11H,1H3,(H2,20,21,22,25)/b11-4+. The zero-order valence-electron chi connectivity index (χ0n) is 13.3. The molecular weight excluding hydrogens is 360 g/mol. The molecule has 0 saturated carbocycles. The van der Waals surface area contributed by atoms with Crippen molar-refractivity contribution in [3.8, 4) is 0 Å². The molecule has 25 heavy (non-hydrogen) atoms. The average molecular weight is 375 g/mol. The predicted molar refractivity (Wildman–Crippen MR) is 103 cm³/mol. The lowest BCUT2D eigenvalue weighted by atomic mass is 10.2. The summed E-state index contributed by atoms with van der Waals surface area (Å²) in [6.45, 7) is 0. The van der Waals surface area contributed by atoms with Crippen LogP contribution in [0.3, 0.4) is 0 Å². The minimum absolute atomic E-state index is 0.150. The van der Waals surface area contributed by atoms with Crippen molar-refractivity contribution in [3.63, 3.8) is 0 Å². The minimum Gasteiger partial charge on any atom is -0.465 e. The van der Waals surface area contributed by atoms with Crippen molar-refractivity contribution in [2.24, 2.45) is 0 Å². The number of hydrogen-bond acceptors (Lipinski definition) is 4. The Hall–Kier alpha value is -2.70. The van der Waals surface area contributed by atoms with Crippen molar-refractivity contribution in [3.05, 3.63) is 70.8 Å². The molecule has 2 aromatic rings. The lowest BCUT2D eigenvalue weighted by molar-refractivity contribution is -0.115. The number of rotatable bonds is 4. The van der Waals surface area contributed by atoms with E-state index in [-0.39, 0.29) is 11.0 Å². The number of halogens is 1. The van der Waals surface area contributed by atoms with Gasteiger partial charge in [-0.3, -0.25) is 10.1 Å². The van der Waals surface area contributed by atoms with E-state index in [1.807, 2.05) is 0 Å². The lowest BCUT2D eigenvalue weighted by Gasteiger charge is -2.08. The lowest BCUT2D eigenvalue weighted by Crippen LogP contribution is -2.32. The van der Waals surface area contributed by atoms with Crippen LogP contribution >= 0.6 is 23.8 Å². The Morgan fingerprint density at radius 1 is 1.08 bits per heavy atom. The van der Waals surface area contributed by atoms with Crippen molar-refractivity contribution < 1.29 is 14.3 Å². The van der Waals surface area contributed by atoms with Gasteiger partial charge in [-0.25, -0.2) is 4.79 Å². The predicted octanol–water partition coefficient (Wildman–Crippen LogP) is 3.65. The molecule has 0 heterocycles. The topological polar surface area (TPSA) is 67.4 Å². The molecule has 0 atom stereocenters. The smallest absolute Gasteiger partial charge is 0.337 e. The highest BCUT2D eigenvalue weighted by Crippen LogP contribution is 2.11. The number of esters is 1. The Kier molecular flexibility index (Phi) is 6.68. The Morgan fingerprint density at radius 2 is 1.72 bits per heavy atom. The van der Waals surface area contributed by atoms with Gasteiger partial charge in [-0.15, -0.1) is 0 Å². The van der Waals surface area contributed by atoms with Gasteiger partial charge in [0.2, 0.25) is 5.91 Å². The molecular formula is C18H15ClN2O3S. The highest BCUT2D eigenvalue weighted by Gasteiger charge is 2.06. The summed E-state index contributed by atoms with van der Waals surface area (Å²) in [7, 11) is 1.32. The van der Waals surface area contributed by atoms with Crippen LogP contribution in [0.2, 0.25) is 5.02 Å². The fraction of sp³-hybridized carbons (Fsp3) is 0.0556. The van der Waals surface area contributed by atoms with Crippen LogP contribution in [-0.4, -0.2) is 24.1 Å². The number of carbonyl (C=O) groups excluding carboxylic acids is 2. The zero-order chi connectivity index (χ0) is 18.2. The monoisotopic (exact) mass is 374 g/mol. The fourth-order valence-corrected chi connectivity index (χ4v) is 2.21. The molecule has 128 valence electrons. The first-order chi connectivity index (χ1) is 12.0. The summed E-state index contributed by atoms with van der Waals surface area (Å²) in [5, 5.41) is 6.17. The Bertz CT molecular complexity index is 802. The first-order valence-electron chi connectivity index (χ1n) is 7.22. The van der Waals surface area contributed by atoms with Gasteiger partial charge in [0.1, 0.15) is 0 Å². The molecule has 0 aliphatic heterocycles. The maximum atomic E-state index is 11.9. The molecule has 0 fully saturated rings. The van der Waals surface area contributed by atoms with E-state index in [0.29, 0.717) is 16.3 Å². The number of anilines is 1. The maximum absolute atomic E-state index is 11.9. The second-order valence-corrected chi connectivity index (χ2v) is 5.74. The van der Waals surface area contributed by atoms with Crippen LogP contribution in [0.5, 0.6) is 0 Å². The summed E-state index contributed by atoms with van der Waals surface area (Å²) in [6.07, 6.45) is 3.02. The van der Waals surface area contributed by atoms with Gasteiger partial charge in [0.25, 0.3) is 0 Å². The Labute approximate surface area is 155 Å². The van der Waals surface area contributed by atoms with Crippen molar-refractivity contribution in [2.45, 2.75) is 0 Å². The molecule has 0 spiro atoms. The summed E-state index contributed by atoms with van der Waals surface area (Å²) in [4.78, 5) is 23.2. The molecule has 0 aliphatic carbocycles. The molecule has 1 amide bonds. The van der Waals surface area contributed by atoms with E-state index in [4.69, 9.17) is 23.8 Å². The van der Waals surface area contributed by atoms with Gasteiger partial charge in [-0.1, -0.05) is 23.7 Å². The number of amides is 1. The SMILES string of the molecule is COC(=O)c1ccc(NC(=S)NC(=O)/C=C/c2ccc(Cl)cc2)cc1. The van der Waals surface area contributed by atoms with Gasteiger partial charge in [-0.2, -0.15) is 0 Å². The van der Waals surface area contributed by atoms with Crippen molar-refractivity contribution in [2.75, 3.05) is 12.4 Å². The van der Waals surface area contributed by atoms with Gasteiger partial charge in [0, 0.05) is 16.8 Å². The number of hydrogen-bond donors (Lipinski definition) is 2. The minimum atomic E-state index is -0.422. The highest BCUT2D eigenvalue weighted by molar-refractivity contribution is 7.80. The first-order valence-corrected chi connectivity index (χ1v) is 8.00. The van der Waals surface area contributed by atoms with Gasteiger partial charge in [0.05, 0.1) is 12.7 Å². The number of carbonyl (C=O) groups is 2. The molecule has 0 radical (unpaired) electrons. The van der Waals surface area contributed by atoms with Crippen LogP contribution in [0.4, 0.5) is 5.69 Å². The quantitative estimate of drug-likeness (QED) is 0.485. The summed E-state index contributed by atoms with van der Waals surface area (Å²) in [5.41, 5.74) is 1.91. The Morgan fingerprint density at radius 3 is 2.32 bits per heavy atom. The second kappa shape index (κ2) is 8.96. The summed E-state index contributed by atoms with van der Waals surface area (Å²) >= 11 is 10.9. The van der Waals surface area contributed by atoms with E-state index in [1.165, 1.54) is 13.2 Å². The van der Waals surface area contributed by atoms with Crippen molar-refractivity contribution in [1.29, 1.82) is 0 Å². The maximum Gasteiger partial charge on any atom is 0.337 e. The number of benzene rings is 2. The van der Waals surface area contributed by atoms with Crippen LogP contribution in [0.15, 0.2) is 54.6 Å². The number of ether oxygens (including phenoxy) is 1. The molecule has 0 aliphatic rings. The van der Waals surface area contributed by atoms with E-state index in [2.05, 4.69) is 15.4 Å². The summed E-state index contributed by atoms with van der Waals surface area (Å²) < 4.78 is 4.62. The van der Waals surface area contributed by atoms with Gasteiger partial charge in [-0.05, 0) is 60.3 Å². The van der Waals surface area contributed by atoms with Crippen molar-refractivity contribution >= 4 is 52.6 Å². The van der Waals surface area contributed by atoms with E-state index in [0.717, 1.165) is 5.56 Å². The molecule has 7 heteroatoms. The molecule has 0 aromatic heterocycles. The molecule has 2 N–H and O–H groups in total. The molecule has 2 aromatic carbocycles. The van der Waals surface area contributed by atoms with Gasteiger partial charge >= 0.3 is 5.97 Å². The second-order valence-electron chi connectivity index (χ2n) is 4.90. The highest BCUT2D eigenvalue weighted by atomic mass is 35.5. The number of thiocarbonyl (C=S) groups is 1. The van der Waals surface area contributed by atoms with E-state index < -0.39 is 5.97 Å². The molecule has 5 nitrogen and oxygen atoms in total. The molecule has 0 bridgehead atoms. The molecule has 0 unspecified atom stereocenters. The third-order valence-electron chi connectivity index (χ3n) is 3.10. The van der Waals surface area contributed by atoms with Gasteiger partial charge in [0.15, 0.2) is 5.11 Å². The van der Waals surface area contributed by atoms with Crippen LogP contribution in [0.1, 0.15) is 15.9 Å². The van der Waals surface area contributed by atoms with Gasteiger partial charge < -0.3 is 10.1 Å². The van der Waals surface area contributed by atoms with Crippen LogP contribution in [0, 0.1) is 0 Å². The third-order valence-corrected chi connectivity index (χ3v) is 3.55. The molecule has 2 rings (SSSR count). The van der Waals surface area contributed by atoms with E-state index >= 15 is 0 Å². The third kappa shape index (κ3) is 6.02. The summed E-state index contributed by atoms with van der Waals surface area (Å²) in [5.74, 6) is -0.784. The van der Waals surface area contributed by atoms with Crippen molar-refractivity contribution in [1.82, 2.24) is 5.32 Å². The number of nitrogens with one attached hydrogen (secondary N) is 2. The average Bonchev–Trinajstić information content (AvgIpc) is 2.61. The largest absolute Gasteiger partial charge is 0.465 e. The summed E-state index contributed by atoms with van der Waals surface area (Å²) in [6, 6.07) is 13.6. The normalized spacial score (nSPS) is 10.3. The van der Waals surface area contributed by atoms with E-state index in [9.17, 15) is 9.59 Å². The zero-order valence-corrected chi connectivity index (χ0v) is 14.9. The van der Waals surface area contributed by atoms with Crippen LogP contribution in [-0.2, 0) is 9.53 Å². The first kappa shape index (κ1) is 18.6. The Balaban J connectivity index is 1.87.